The number of piperidine rings is 1. The monoisotopic (exact) mass is 322 g/mol. The van der Waals surface area contributed by atoms with Crippen molar-refractivity contribution in [2.75, 3.05) is 32.7 Å². The van der Waals surface area contributed by atoms with E-state index >= 15 is 0 Å². The van der Waals surface area contributed by atoms with Crippen LogP contribution in [0.25, 0.3) is 0 Å². The summed E-state index contributed by atoms with van der Waals surface area (Å²) in [6.07, 6.45) is 8.39. The van der Waals surface area contributed by atoms with Gasteiger partial charge in [0.15, 0.2) is 5.96 Å². The SMILES string of the molecule is CCNC(=NCCC1CCN(CC)CC1)NC1CC2CCC1O2. The first-order valence-corrected chi connectivity index (χ1v) is 9.71. The summed E-state index contributed by atoms with van der Waals surface area (Å²) in [6.45, 7) is 9.99. The number of nitrogens with one attached hydrogen (secondary N) is 2. The van der Waals surface area contributed by atoms with Gasteiger partial charge >= 0.3 is 0 Å². The van der Waals surface area contributed by atoms with Crippen molar-refractivity contribution in [1.29, 1.82) is 0 Å². The van der Waals surface area contributed by atoms with Crippen molar-refractivity contribution in [1.82, 2.24) is 15.5 Å². The van der Waals surface area contributed by atoms with Crippen molar-refractivity contribution in [3.05, 3.63) is 0 Å². The maximum absolute atomic E-state index is 5.93. The average molecular weight is 322 g/mol. The van der Waals surface area contributed by atoms with E-state index in [1.807, 2.05) is 0 Å². The number of hydrogen-bond donors (Lipinski definition) is 2. The molecule has 5 nitrogen and oxygen atoms in total. The molecule has 23 heavy (non-hydrogen) atoms. The minimum absolute atomic E-state index is 0.405. The summed E-state index contributed by atoms with van der Waals surface area (Å²) in [5.74, 6) is 1.84. The third kappa shape index (κ3) is 4.60. The lowest BCUT2D eigenvalue weighted by molar-refractivity contribution is 0.0992. The highest BCUT2D eigenvalue weighted by molar-refractivity contribution is 5.80. The van der Waals surface area contributed by atoms with Crippen LogP contribution in [0.5, 0.6) is 0 Å². The molecular weight excluding hydrogens is 288 g/mol. The minimum Gasteiger partial charge on any atom is -0.373 e. The molecule has 2 bridgehead atoms. The molecule has 0 saturated carbocycles. The lowest BCUT2D eigenvalue weighted by atomic mass is 9.94. The second kappa shape index (κ2) is 8.34. The van der Waals surface area contributed by atoms with Gasteiger partial charge in [0.25, 0.3) is 0 Å². The van der Waals surface area contributed by atoms with Crippen LogP contribution in [0.3, 0.4) is 0 Å². The van der Waals surface area contributed by atoms with Gasteiger partial charge in [-0.1, -0.05) is 6.92 Å². The van der Waals surface area contributed by atoms with E-state index in [0.717, 1.165) is 31.4 Å². The zero-order chi connectivity index (χ0) is 16.1. The van der Waals surface area contributed by atoms with Crippen LogP contribution < -0.4 is 10.6 Å². The van der Waals surface area contributed by atoms with Crippen LogP contribution in [-0.2, 0) is 4.74 Å². The summed E-state index contributed by atoms with van der Waals surface area (Å²) in [6, 6.07) is 0.458. The molecule has 0 amide bonds. The van der Waals surface area contributed by atoms with Crippen LogP contribution in [0.4, 0.5) is 0 Å². The normalized spacial score (nSPS) is 32.4. The van der Waals surface area contributed by atoms with Crippen LogP contribution in [0, 0.1) is 5.92 Å². The van der Waals surface area contributed by atoms with Crippen molar-refractivity contribution >= 4 is 5.96 Å². The van der Waals surface area contributed by atoms with Crippen molar-refractivity contribution in [2.24, 2.45) is 10.9 Å². The molecule has 132 valence electrons. The molecule has 0 aromatic heterocycles. The average Bonchev–Trinajstić information content (AvgIpc) is 3.18. The largest absolute Gasteiger partial charge is 0.373 e. The van der Waals surface area contributed by atoms with E-state index in [4.69, 9.17) is 9.73 Å². The Morgan fingerprint density at radius 3 is 2.61 bits per heavy atom. The second-order valence-electron chi connectivity index (χ2n) is 7.29. The second-order valence-corrected chi connectivity index (χ2v) is 7.29. The number of aliphatic imine (C=N–C) groups is 1. The summed E-state index contributed by atoms with van der Waals surface area (Å²) in [7, 11) is 0. The number of fused-ring (bicyclic) bond motifs is 2. The Morgan fingerprint density at radius 1 is 1.17 bits per heavy atom. The molecule has 0 aromatic carbocycles. The van der Waals surface area contributed by atoms with Gasteiger partial charge in [-0.2, -0.15) is 0 Å². The zero-order valence-corrected chi connectivity index (χ0v) is 14.9. The molecule has 3 heterocycles. The van der Waals surface area contributed by atoms with Gasteiger partial charge in [0.2, 0.25) is 0 Å². The van der Waals surface area contributed by atoms with Crippen LogP contribution >= 0.6 is 0 Å². The Balaban J connectivity index is 1.42. The molecule has 3 unspecified atom stereocenters. The van der Waals surface area contributed by atoms with E-state index in [2.05, 4.69) is 29.4 Å². The summed E-state index contributed by atoms with van der Waals surface area (Å²) in [4.78, 5) is 7.38. The molecule has 3 atom stereocenters. The van der Waals surface area contributed by atoms with Crippen molar-refractivity contribution in [2.45, 2.75) is 70.6 Å². The molecule has 0 aliphatic carbocycles. The number of hydrogen-bond acceptors (Lipinski definition) is 3. The fourth-order valence-electron chi connectivity index (χ4n) is 4.24. The highest BCUT2D eigenvalue weighted by Gasteiger charge is 2.41. The highest BCUT2D eigenvalue weighted by Crippen LogP contribution is 2.34. The van der Waals surface area contributed by atoms with Crippen molar-refractivity contribution < 1.29 is 4.74 Å². The van der Waals surface area contributed by atoms with E-state index in [9.17, 15) is 0 Å². The van der Waals surface area contributed by atoms with Crippen molar-refractivity contribution in [3.8, 4) is 0 Å². The van der Waals surface area contributed by atoms with Gasteiger partial charge in [0, 0.05) is 13.1 Å². The Hall–Kier alpha value is -0.810. The molecule has 3 saturated heterocycles. The summed E-state index contributed by atoms with van der Waals surface area (Å²) in [5, 5.41) is 7.01. The first kappa shape index (κ1) is 17.0. The zero-order valence-electron chi connectivity index (χ0n) is 14.9. The van der Waals surface area contributed by atoms with Crippen LogP contribution in [0.1, 0.15) is 52.4 Å². The Morgan fingerprint density at radius 2 is 2.00 bits per heavy atom. The molecule has 0 radical (unpaired) electrons. The Bertz CT molecular complexity index is 392. The highest BCUT2D eigenvalue weighted by atomic mass is 16.5. The smallest absolute Gasteiger partial charge is 0.191 e. The molecule has 2 N–H and O–H groups in total. The molecule has 0 aromatic rings. The summed E-state index contributed by atoms with van der Waals surface area (Å²) >= 11 is 0. The molecule has 3 aliphatic rings. The van der Waals surface area contributed by atoms with E-state index < -0.39 is 0 Å². The third-order valence-corrected chi connectivity index (χ3v) is 5.73. The summed E-state index contributed by atoms with van der Waals surface area (Å²) < 4.78 is 5.93. The molecule has 3 aliphatic heterocycles. The molecule has 5 heteroatoms. The molecule has 0 spiro atoms. The topological polar surface area (TPSA) is 48.9 Å². The van der Waals surface area contributed by atoms with Gasteiger partial charge < -0.3 is 20.3 Å². The quantitative estimate of drug-likeness (QED) is 0.580. The predicted molar refractivity (Wildman–Crippen MR) is 94.9 cm³/mol. The lowest BCUT2D eigenvalue weighted by Crippen LogP contribution is -2.47. The Labute approximate surface area is 141 Å². The third-order valence-electron chi connectivity index (χ3n) is 5.73. The van der Waals surface area contributed by atoms with Crippen LogP contribution in [0.2, 0.25) is 0 Å². The number of ether oxygens (including phenoxy) is 1. The van der Waals surface area contributed by atoms with Crippen LogP contribution in [0.15, 0.2) is 4.99 Å². The molecular formula is C18H34N4O. The van der Waals surface area contributed by atoms with Gasteiger partial charge in [-0.3, -0.25) is 4.99 Å². The Kier molecular flexibility index (Phi) is 6.17. The van der Waals surface area contributed by atoms with E-state index in [1.165, 1.54) is 51.7 Å². The minimum atomic E-state index is 0.405. The van der Waals surface area contributed by atoms with Gasteiger partial charge in [0.1, 0.15) is 0 Å². The maximum Gasteiger partial charge on any atom is 0.191 e. The summed E-state index contributed by atoms with van der Waals surface area (Å²) in [5.41, 5.74) is 0. The number of rotatable bonds is 6. The fourth-order valence-corrected chi connectivity index (χ4v) is 4.24. The van der Waals surface area contributed by atoms with Gasteiger partial charge in [-0.05, 0) is 71.0 Å². The number of guanidine groups is 1. The number of nitrogens with zero attached hydrogens (tertiary/aromatic N) is 2. The number of likely N-dealkylation sites (tertiary alicyclic amines) is 1. The van der Waals surface area contributed by atoms with Gasteiger partial charge in [0.05, 0.1) is 18.2 Å². The first-order chi connectivity index (χ1) is 11.3. The van der Waals surface area contributed by atoms with Gasteiger partial charge in [-0.15, -0.1) is 0 Å². The predicted octanol–water partition coefficient (Wildman–Crippen LogP) is 1.98. The van der Waals surface area contributed by atoms with E-state index in [1.54, 1.807) is 0 Å². The lowest BCUT2D eigenvalue weighted by Gasteiger charge is -2.30. The maximum atomic E-state index is 5.93. The van der Waals surface area contributed by atoms with E-state index in [0.29, 0.717) is 18.2 Å². The fraction of sp³-hybridized carbons (Fsp3) is 0.944. The van der Waals surface area contributed by atoms with Gasteiger partial charge in [-0.25, -0.2) is 0 Å². The van der Waals surface area contributed by atoms with E-state index in [-0.39, 0.29) is 0 Å². The molecule has 3 rings (SSSR count). The van der Waals surface area contributed by atoms with Crippen LogP contribution in [-0.4, -0.2) is 61.8 Å². The molecule has 3 fully saturated rings. The first-order valence-electron chi connectivity index (χ1n) is 9.71. The standard InChI is InChI=1S/C18H34N4O/c1-3-19-18(21-16-13-15-5-6-17(16)23-15)20-10-7-14-8-11-22(4-2)12-9-14/h14-17H,3-13H2,1-2H3,(H2,19,20,21). The van der Waals surface area contributed by atoms with Crippen molar-refractivity contribution in [3.63, 3.8) is 0 Å².